The van der Waals surface area contributed by atoms with Gasteiger partial charge in [0.05, 0.1) is 32.2 Å². The number of aliphatic carboxylic acids is 3. The van der Waals surface area contributed by atoms with Crippen LogP contribution in [-0.4, -0.2) is 131 Å². The van der Waals surface area contributed by atoms with Gasteiger partial charge in [0.25, 0.3) is 0 Å². The van der Waals surface area contributed by atoms with Gasteiger partial charge >= 0.3 is 17.9 Å². The molecule has 1 saturated heterocycles. The molecule has 1 atom stereocenters. The SMILES string of the molecule is CC(C)(C)C1CN(CC(=O)O)CCN(CC(=O)O)CCN(CC#N)CCN1CC(=O)O. The van der Waals surface area contributed by atoms with E-state index >= 15 is 0 Å². The van der Waals surface area contributed by atoms with E-state index in [4.69, 9.17) is 5.26 Å². The summed E-state index contributed by atoms with van der Waals surface area (Å²) in [5.74, 6) is -2.93. The van der Waals surface area contributed by atoms with E-state index < -0.39 is 17.9 Å². The predicted octanol–water partition coefficient (Wildman–Crippen LogP) is -0.600. The summed E-state index contributed by atoms with van der Waals surface area (Å²) in [6.07, 6.45) is 0. The molecule has 0 spiro atoms. The molecule has 1 rings (SSSR count). The molecule has 3 N–H and O–H groups in total. The molecule has 1 aliphatic rings. The van der Waals surface area contributed by atoms with Crippen LogP contribution in [0.15, 0.2) is 0 Å². The summed E-state index contributed by atoms with van der Waals surface area (Å²) in [4.78, 5) is 41.5. The van der Waals surface area contributed by atoms with Crippen LogP contribution >= 0.6 is 0 Å². The average molecular weight is 442 g/mol. The molecule has 11 heteroatoms. The maximum atomic E-state index is 11.5. The molecule has 176 valence electrons. The molecule has 0 aliphatic carbocycles. The third-order valence-electron chi connectivity index (χ3n) is 5.39. The zero-order valence-electron chi connectivity index (χ0n) is 18.7. The molecule has 0 aromatic heterocycles. The number of carbonyl (C=O) groups is 3. The summed E-state index contributed by atoms with van der Waals surface area (Å²) in [6, 6.07) is 1.86. The van der Waals surface area contributed by atoms with Crippen molar-refractivity contribution in [3.63, 3.8) is 0 Å². The van der Waals surface area contributed by atoms with Gasteiger partial charge in [0, 0.05) is 51.9 Å². The van der Waals surface area contributed by atoms with Crippen LogP contribution in [0.2, 0.25) is 0 Å². The van der Waals surface area contributed by atoms with Crippen molar-refractivity contribution >= 4 is 17.9 Å². The molecule has 1 unspecified atom stereocenters. The van der Waals surface area contributed by atoms with Crippen LogP contribution in [0.4, 0.5) is 0 Å². The minimum Gasteiger partial charge on any atom is -0.480 e. The van der Waals surface area contributed by atoms with Gasteiger partial charge < -0.3 is 15.3 Å². The first-order chi connectivity index (χ1) is 14.4. The highest BCUT2D eigenvalue weighted by Crippen LogP contribution is 2.25. The van der Waals surface area contributed by atoms with Crippen molar-refractivity contribution in [1.82, 2.24) is 19.6 Å². The molecule has 1 fully saturated rings. The highest BCUT2D eigenvalue weighted by Gasteiger charge is 2.34. The van der Waals surface area contributed by atoms with Crippen LogP contribution in [0.25, 0.3) is 0 Å². The average Bonchev–Trinajstić information content (AvgIpc) is 2.61. The minimum absolute atomic E-state index is 0.160. The quantitative estimate of drug-likeness (QED) is 0.435. The van der Waals surface area contributed by atoms with Crippen LogP contribution in [-0.2, 0) is 14.4 Å². The summed E-state index contributed by atoms with van der Waals surface area (Å²) in [5, 5.41) is 37.2. The van der Waals surface area contributed by atoms with E-state index in [1.165, 1.54) is 0 Å². The van der Waals surface area contributed by atoms with Crippen molar-refractivity contribution in [2.45, 2.75) is 26.8 Å². The zero-order chi connectivity index (χ0) is 23.6. The first kappa shape index (κ1) is 26.8. The molecule has 0 aromatic carbocycles. The Labute approximate surface area is 183 Å². The normalized spacial score (nSPS) is 21.5. The lowest BCUT2D eigenvalue weighted by Crippen LogP contribution is -2.56. The Balaban J connectivity index is 3.24. The summed E-state index contributed by atoms with van der Waals surface area (Å²) in [6.45, 7) is 8.30. The van der Waals surface area contributed by atoms with Crippen molar-refractivity contribution in [1.29, 1.82) is 5.26 Å². The van der Waals surface area contributed by atoms with Gasteiger partial charge in [0.2, 0.25) is 0 Å². The smallest absolute Gasteiger partial charge is 0.317 e. The number of hydrogen-bond acceptors (Lipinski definition) is 8. The molecule has 0 bridgehead atoms. The number of carboxylic acid groups (broad SMARTS) is 3. The third-order valence-corrected chi connectivity index (χ3v) is 5.39. The van der Waals surface area contributed by atoms with Gasteiger partial charge in [0.15, 0.2) is 0 Å². The minimum atomic E-state index is -0.991. The summed E-state index contributed by atoms with van der Waals surface area (Å²) >= 11 is 0. The molecule has 11 nitrogen and oxygen atoms in total. The summed E-state index contributed by atoms with van der Waals surface area (Å²) < 4.78 is 0. The lowest BCUT2D eigenvalue weighted by atomic mass is 9.85. The largest absolute Gasteiger partial charge is 0.480 e. The zero-order valence-corrected chi connectivity index (χ0v) is 18.7. The van der Waals surface area contributed by atoms with Gasteiger partial charge in [-0.15, -0.1) is 0 Å². The van der Waals surface area contributed by atoms with Gasteiger partial charge in [0.1, 0.15) is 0 Å². The highest BCUT2D eigenvalue weighted by molar-refractivity contribution is 5.70. The van der Waals surface area contributed by atoms with Crippen LogP contribution < -0.4 is 0 Å². The molecule has 0 saturated carbocycles. The Morgan fingerprint density at radius 3 is 1.74 bits per heavy atom. The number of hydrogen-bond donors (Lipinski definition) is 3. The Kier molecular flexibility index (Phi) is 10.8. The second-order valence-electron chi connectivity index (χ2n) is 8.98. The fourth-order valence-corrected chi connectivity index (χ4v) is 3.79. The van der Waals surface area contributed by atoms with E-state index in [1.807, 2.05) is 30.6 Å². The maximum Gasteiger partial charge on any atom is 0.317 e. The fraction of sp³-hybridized carbons (Fsp3) is 0.800. The van der Waals surface area contributed by atoms with Crippen molar-refractivity contribution in [3.8, 4) is 6.07 Å². The van der Waals surface area contributed by atoms with Crippen molar-refractivity contribution in [2.75, 3.05) is 72.0 Å². The summed E-state index contributed by atoms with van der Waals surface area (Å²) in [5.41, 5.74) is -0.336. The number of nitriles is 1. The second kappa shape index (κ2) is 12.6. The third kappa shape index (κ3) is 10.5. The van der Waals surface area contributed by atoms with E-state index in [9.17, 15) is 29.7 Å². The standard InChI is InChI=1S/C20H35N5O6/c1-20(2,3)16-12-24(14-18(28)29)9-8-23(13-17(26)27)7-6-22(5-4-21)10-11-25(16)15-19(30)31/h16H,5-15H2,1-3H3,(H,26,27)(H,28,29)(H,30,31). The first-order valence-corrected chi connectivity index (χ1v) is 10.4. The predicted molar refractivity (Wildman–Crippen MR) is 113 cm³/mol. The Morgan fingerprint density at radius 1 is 0.806 bits per heavy atom. The Morgan fingerprint density at radius 2 is 1.26 bits per heavy atom. The molecular weight excluding hydrogens is 406 g/mol. The van der Waals surface area contributed by atoms with Gasteiger partial charge in [-0.05, 0) is 5.41 Å². The van der Waals surface area contributed by atoms with Crippen LogP contribution in [0.1, 0.15) is 20.8 Å². The van der Waals surface area contributed by atoms with Gasteiger partial charge in [-0.3, -0.25) is 34.0 Å². The molecule has 1 aliphatic heterocycles. The Hall–Kier alpha value is -2.26. The van der Waals surface area contributed by atoms with E-state index in [0.29, 0.717) is 45.8 Å². The molecule has 0 amide bonds. The molecule has 0 radical (unpaired) electrons. The van der Waals surface area contributed by atoms with Gasteiger partial charge in [-0.1, -0.05) is 20.8 Å². The highest BCUT2D eigenvalue weighted by atomic mass is 16.4. The lowest BCUT2D eigenvalue weighted by Gasteiger charge is -2.43. The molecule has 1 heterocycles. The number of carboxylic acids is 3. The molecule has 31 heavy (non-hydrogen) atoms. The van der Waals surface area contributed by atoms with E-state index in [1.54, 1.807) is 9.80 Å². The van der Waals surface area contributed by atoms with Crippen molar-refractivity contribution < 1.29 is 29.7 Å². The summed E-state index contributed by atoms with van der Waals surface area (Å²) in [7, 11) is 0. The number of rotatable bonds is 7. The van der Waals surface area contributed by atoms with Gasteiger partial charge in [-0.25, -0.2) is 0 Å². The van der Waals surface area contributed by atoms with Crippen molar-refractivity contribution in [3.05, 3.63) is 0 Å². The van der Waals surface area contributed by atoms with Crippen LogP contribution in [0.5, 0.6) is 0 Å². The van der Waals surface area contributed by atoms with Crippen molar-refractivity contribution in [2.24, 2.45) is 5.41 Å². The molecule has 0 aromatic rings. The monoisotopic (exact) mass is 441 g/mol. The fourth-order valence-electron chi connectivity index (χ4n) is 3.79. The van der Waals surface area contributed by atoms with E-state index in [-0.39, 0.29) is 37.6 Å². The topological polar surface area (TPSA) is 149 Å². The van der Waals surface area contributed by atoms with Crippen LogP contribution in [0.3, 0.4) is 0 Å². The first-order valence-electron chi connectivity index (χ1n) is 10.4. The molecular formula is C20H35N5O6. The van der Waals surface area contributed by atoms with E-state index in [0.717, 1.165) is 0 Å². The van der Waals surface area contributed by atoms with E-state index in [2.05, 4.69) is 6.07 Å². The lowest BCUT2D eigenvalue weighted by molar-refractivity contribution is -0.142. The Bertz CT molecular complexity index is 659. The number of nitrogens with zero attached hydrogens (tertiary/aromatic N) is 5. The van der Waals surface area contributed by atoms with Gasteiger partial charge in [-0.2, -0.15) is 5.26 Å². The maximum absolute atomic E-state index is 11.5. The second-order valence-corrected chi connectivity index (χ2v) is 8.98. The van der Waals surface area contributed by atoms with Crippen LogP contribution in [0, 0.1) is 16.7 Å².